The van der Waals surface area contributed by atoms with E-state index in [1.165, 1.54) is 70.6 Å². The van der Waals surface area contributed by atoms with Gasteiger partial charge in [-0.3, -0.25) is 4.79 Å². The lowest BCUT2D eigenvalue weighted by Gasteiger charge is -2.23. The zero-order chi connectivity index (χ0) is 18.1. The normalized spacial score (nSPS) is 13.8. The van der Waals surface area contributed by atoms with Crippen LogP contribution in [0.15, 0.2) is 0 Å². The van der Waals surface area contributed by atoms with E-state index in [2.05, 4.69) is 6.92 Å². The maximum atomic E-state index is 11.2. The van der Waals surface area contributed by atoms with Gasteiger partial charge in [0, 0.05) is 13.0 Å². The van der Waals surface area contributed by atoms with Crippen LogP contribution in [0.25, 0.3) is 0 Å². The molecule has 0 spiro atoms. The van der Waals surface area contributed by atoms with Gasteiger partial charge in [0.05, 0.1) is 0 Å². The van der Waals surface area contributed by atoms with Crippen molar-refractivity contribution in [3.05, 3.63) is 0 Å². The molecule has 0 saturated carbocycles. The van der Waals surface area contributed by atoms with Crippen molar-refractivity contribution in [1.82, 2.24) is 0 Å². The van der Waals surface area contributed by atoms with E-state index in [0.29, 0.717) is 6.42 Å². The minimum atomic E-state index is -1.52. The second-order valence-corrected chi connectivity index (χ2v) is 7.22. The van der Waals surface area contributed by atoms with Crippen molar-refractivity contribution in [2.24, 2.45) is 5.73 Å². The standard InChI is InChI=1S/C20H41NO3/c1-2-3-4-5-6-7-8-9-10-11-12-13-14-15-16-20(24,17-18-22)19(21)23/h22,24H,2-18H2,1H3,(H2,21,23). The first-order valence-corrected chi connectivity index (χ1v) is 10.2. The SMILES string of the molecule is CCCCCCCCCCCCCCCCC(O)(CCO)C(N)=O. The molecular weight excluding hydrogens is 302 g/mol. The number of nitrogens with two attached hydrogens (primary N) is 1. The smallest absolute Gasteiger partial charge is 0.249 e. The molecule has 1 atom stereocenters. The molecule has 0 aromatic rings. The quantitative estimate of drug-likeness (QED) is 0.321. The summed E-state index contributed by atoms with van der Waals surface area (Å²) in [4.78, 5) is 11.2. The Morgan fingerprint density at radius 3 is 1.46 bits per heavy atom. The molecule has 0 rings (SSSR count). The van der Waals surface area contributed by atoms with Gasteiger partial charge in [0.1, 0.15) is 5.60 Å². The van der Waals surface area contributed by atoms with E-state index in [4.69, 9.17) is 10.8 Å². The maximum absolute atomic E-state index is 11.2. The van der Waals surface area contributed by atoms with Gasteiger partial charge < -0.3 is 15.9 Å². The first kappa shape index (κ1) is 23.4. The summed E-state index contributed by atoms with van der Waals surface area (Å²) < 4.78 is 0. The van der Waals surface area contributed by atoms with Crippen molar-refractivity contribution < 1.29 is 15.0 Å². The summed E-state index contributed by atoms with van der Waals surface area (Å²) in [5.74, 6) is -0.716. The zero-order valence-electron chi connectivity index (χ0n) is 15.9. The van der Waals surface area contributed by atoms with Crippen molar-refractivity contribution >= 4 is 5.91 Å². The first-order chi connectivity index (χ1) is 11.6. The van der Waals surface area contributed by atoms with Crippen molar-refractivity contribution in [1.29, 1.82) is 0 Å². The fourth-order valence-corrected chi connectivity index (χ4v) is 3.17. The van der Waals surface area contributed by atoms with E-state index in [1.54, 1.807) is 0 Å². The molecule has 4 N–H and O–H groups in total. The molecule has 0 aliphatic heterocycles. The summed E-state index contributed by atoms with van der Waals surface area (Å²) in [6.07, 6.45) is 18.2. The third-order valence-electron chi connectivity index (χ3n) is 4.93. The molecular formula is C20H41NO3. The lowest BCUT2D eigenvalue weighted by molar-refractivity contribution is -0.138. The van der Waals surface area contributed by atoms with Crippen LogP contribution in [0.1, 0.15) is 110 Å². The van der Waals surface area contributed by atoms with Gasteiger partial charge in [0.2, 0.25) is 5.91 Å². The summed E-state index contributed by atoms with van der Waals surface area (Å²) in [5.41, 5.74) is 3.69. The third-order valence-corrected chi connectivity index (χ3v) is 4.93. The fourth-order valence-electron chi connectivity index (χ4n) is 3.17. The van der Waals surface area contributed by atoms with Crippen LogP contribution < -0.4 is 5.73 Å². The molecule has 0 heterocycles. The summed E-state index contributed by atoms with van der Waals surface area (Å²) >= 11 is 0. The topological polar surface area (TPSA) is 83.6 Å². The molecule has 0 aliphatic carbocycles. The predicted octanol–water partition coefficient (Wildman–Crippen LogP) is 4.46. The number of carbonyl (C=O) groups is 1. The molecule has 144 valence electrons. The highest BCUT2D eigenvalue weighted by Gasteiger charge is 2.32. The Kier molecular flexibility index (Phi) is 15.5. The molecule has 0 aromatic heterocycles. The highest BCUT2D eigenvalue weighted by molar-refractivity contribution is 5.83. The van der Waals surface area contributed by atoms with Crippen molar-refractivity contribution in [2.75, 3.05) is 6.61 Å². The minimum Gasteiger partial charge on any atom is -0.396 e. The van der Waals surface area contributed by atoms with Gasteiger partial charge in [0.15, 0.2) is 0 Å². The van der Waals surface area contributed by atoms with E-state index < -0.39 is 11.5 Å². The number of aliphatic hydroxyl groups excluding tert-OH is 1. The van der Waals surface area contributed by atoms with Gasteiger partial charge in [-0.05, 0) is 6.42 Å². The molecule has 0 fully saturated rings. The summed E-state index contributed by atoms with van der Waals surface area (Å²) in [6, 6.07) is 0. The van der Waals surface area contributed by atoms with E-state index in [9.17, 15) is 9.90 Å². The van der Waals surface area contributed by atoms with Crippen LogP contribution in [-0.4, -0.2) is 28.3 Å². The lowest BCUT2D eigenvalue weighted by Crippen LogP contribution is -2.44. The summed E-state index contributed by atoms with van der Waals surface area (Å²) in [6.45, 7) is 2.05. The van der Waals surface area contributed by atoms with Crippen molar-refractivity contribution in [2.45, 2.75) is 115 Å². The highest BCUT2D eigenvalue weighted by atomic mass is 16.3. The number of rotatable bonds is 18. The molecule has 0 radical (unpaired) electrons. The van der Waals surface area contributed by atoms with Crippen LogP contribution in [0.5, 0.6) is 0 Å². The van der Waals surface area contributed by atoms with Crippen molar-refractivity contribution in [3.8, 4) is 0 Å². The Hall–Kier alpha value is -0.610. The predicted molar refractivity (Wildman–Crippen MR) is 101 cm³/mol. The third kappa shape index (κ3) is 12.8. The van der Waals surface area contributed by atoms with E-state index in [0.717, 1.165) is 19.3 Å². The Balaban J connectivity index is 3.35. The monoisotopic (exact) mass is 343 g/mol. The van der Waals surface area contributed by atoms with Gasteiger partial charge in [0.25, 0.3) is 0 Å². The molecule has 1 amide bonds. The summed E-state index contributed by atoms with van der Waals surface area (Å²) in [5, 5.41) is 18.9. The molecule has 0 aliphatic rings. The van der Waals surface area contributed by atoms with E-state index >= 15 is 0 Å². The van der Waals surface area contributed by atoms with Crippen LogP contribution in [0.2, 0.25) is 0 Å². The minimum absolute atomic E-state index is 0.0424. The number of hydrogen-bond donors (Lipinski definition) is 3. The van der Waals surface area contributed by atoms with Crippen LogP contribution >= 0.6 is 0 Å². The first-order valence-electron chi connectivity index (χ1n) is 10.2. The van der Waals surface area contributed by atoms with Gasteiger partial charge in [-0.25, -0.2) is 0 Å². The fraction of sp³-hybridized carbons (Fsp3) is 0.950. The molecule has 0 bridgehead atoms. The molecule has 0 saturated heterocycles. The second kappa shape index (κ2) is 15.9. The molecule has 4 nitrogen and oxygen atoms in total. The van der Waals surface area contributed by atoms with E-state index in [1.807, 2.05) is 0 Å². The van der Waals surface area contributed by atoms with Crippen LogP contribution in [0, 0.1) is 0 Å². The second-order valence-electron chi connectivity index (χ2n) is 7.22. The molecule has 24 heavy (non-hydrogen) atoms. The molecule has 4 heteroatoms. The van der Waals surface area contributed by atoms with E-state index in [-0.39, 0.29) is 13.0 Å². The van der Waals surface area contributed by atoms with Crippen LogP contribution in [0.3, 0.4) is 0 Å². The van der Waals surface area contributed by atoms with Gasteiger partial charge >= 0.3 is 0 Å². The number of hydrogen-bond acceptors (Lipinski definition) is 3. The van der Waals surface area contributed by atoms with Gasteiger partial charge in [-0.2, -0.15) is 0 Å². The average Bonchev–Trinajstić information content (AvgIpc) is 2.55. The Morgan fingerprint density at radius 2 is 1.12 bits per heavy atom. The number of aliphatic hydroxyl groups is 2. The number of unbranched alkanes of at least 4 members (excludes halogenated alkanes) is 13. The average molecular weight is 344 g/mol. The van der Waals surface area contributed by atoms with Crippen molar-refractivity contribution in [3.63, 3.8) is 0 Å². The number of primary amides is 1. The Morgan fingerprint density at radius 1 is 0.750 bits per heavy atom. The largest absolute Gasteiger partial charge is 0.396 e. The number of carbonyl (C=O) groups excluding carboxylic acids is 1. The maximum Gasteiger partial charge on any atom is 0.249 e. The Labute approximate surface area is 149 Å². The molecule has 0 aromatic carbocycles. The summed E-state index contributed by atoms with van der Waals surface area (Å²) in [7, 11) is 0. The van der Waals surface area contributed by atoms with Crippen LogP contribution in [-0.2, 0) is 4.79 Å². The highest BCUT2D eigenvalue weighted by Crippen LogP contribution is 2.20. The van der Waals surface area contributed by atoms with Gasteiger partial charge in [-0.1, -0.05) is 96.8 Å². The van der Waals surface area contributed by atoms with Crippen LogP contribution in [0.4, 0.5) is 0 Å². The zero-order valence-corrected chi connectivity index (χ0v) is 15.9. The Bertz CT molecular complexity index is 297. The molecule has 1 unspecified atom stereocenters. The number of amides is 1. The lowest BCUT2D eigenvalue weighted by atomic mass is 9.92. The van der Waals surface area contributed by atoms with Gasteiger partial charge in [-0.15, -0.1) is 0 Å².